The second-order valence-electron chi connectivity index (χ2n) is 5.49. The number of methoxy groups -OCH3 is 1. The predicted molar refractivity (Wildman–Crippen MR) is 100 cm³/mol. The van der Waals surface area contributed by atoms with Crippen LogP contribution in [0.3, 0.4) is 0 Å². The van der Waals surface area contributed by atoms with Gasteiger partial charge in [-0.2, -0.15) is 0 Å². The maximum Gasteiger partial charge on any atom is 0.339 e. The Bertz CT molecular complexity index is 846. The first kappa shape index (κ1) is 19.7. The minimum Gasteiger partial charge on any atom is -0.496 e. The highest BCUT2D eigenvalue weighted by Gasteiger charge is 2.16. The van der Waals surface area contributed by atoms with Crippen LogP contribution in [0.1, 0.15) is 11.1 Å². The number of carbonyl (C=O) groups excluding carboxylic acids is 3. The molecule has 0 saturated carbocycles. The molecule has 0 aliphatic carbocycles. The third-order valence-electron chi connectivity index (χ3n) is 3.54. The molecule has 2 aromatic rings. The Morgan fingerprint density at radius 1 is 1.04 bits per heavy atom. The lowest BCUT2D eigenvalue weighted by Gasteiger charge is -2.10. The molecule has 0 unspecified atom stereocenters. The van der Waals surface area contributed by atoms with Crippen LogP contribution in [-0.2, 0) is 19.1 Å². The van der Waals surface area contributed by atoms with Crippen LogP contribution >= 0.6 is 0 Å². The SMILES string of the molecule is COc1ccccc1/C=C(/C(=O)OCC(=O)NCC(N)=O)c1ccccc1. The first-order valence-electron chi connectivity index (χ1n) is 8.13. The van der Waals surface area contributed by atoms with Gasteiger partial charge in [0, 0.05) is 5.56 Å². The van der Waals surface area contributed by atoms with E-state index in [1.165, 1.54) is 7.11 Å². The summed E-state index contributed by atoms with van der Waals surface area (Å²) in [5.41, 5.74) is 6.54. The molecule has 0 atom stereocenters. The third kappa shape index (κ3) is 6.00. The molecule has 7 heteroatoms. The van der Waals surface area contributed by atoms with Crippen molar-refractivity contribution in [2.75, 3.05) is 20.3 Å². The Kier molecular flexibility index (Phi) is 7.13. The van der Waals surface area contributed by atoms with Crippen molar-refractivity contribution >= 4 is 29.4 Å². The average molecular weight is 368 g/mol. The smallest absolute Gasteiger partial charge is 0.339 e. The minimum absolute atomic E-state index is 0.266. The molecule has 0 aromatic heterocycles. The summed E-state index contributed by atoms with van der Waals surface area (Å²) in [7, 11) is 1.54. The molecular weight excluding hydrogens is 348 g/mol. The second kappa shape index (κ2) is 9.76. The number of esters is 1. The summed E-state index contributed by atoms with van der Waals surface area (Å²) in [6, 6.07) is 16.1. The number of carbonyl (C=O) groups is 3. The van der Waals surface area contributed by atoms with Gasteiger partial charge in [-0.25, -0.2) is 4.79 Å². The number of nitrogens with one attached hydrogen (secondary N) is 1. The normalized spacial score (nSPS) is 10.8. The fraction of sp³-hybridized carbons (Fsp3) is 0.150. The Hall–Kier alpha value is -3.61. The van der Waals surface area contributed by atoms with Crippen LogP contribution in [0.2, 0.25) is 0 Å². The highest BCUT2D eigenvalue weighted by Crippen LogP contribution is 2.25. The summed E-state index contributed by atoms with van der Waals surface area (Å²) in [5.74, 6) is -1.39. The standard InChI is InChI=1S/C20H20N2O5/c1-26-17-10-6-5-9-15(17)11-16(14-7-3-2-4-8-14)20(25)27-13-19(24)22-12-18(21)23/h2-11H,12-13H2,1H3,(H2,21,23)(H,22,24)/b16-11+. The lowest BCUT2D eigenvalue weighted by Crippen LogP contribution is -2.36. The first-order valence-corrected chi connectivity index (χ1v) is 8.13. The van der Waals surface area contributed by atoms with Crippen molar-refractivity contribution in [1.82, 2.24) is 5.32 Å². The summed E-state index contributed by atoms with van der Waals surface area (Å²) in [6.07, 6.45) is 1.64. The van der Waals surface area contributed by atoms with Gasteiger partial charge >= 0.3 is 5.97 Å². The maximum atomic E-state index is 12.6. The molecule has 2 amide bonds. The number of primary amides is 1. The molecule has 0 spiro atoms. The molecule has 2 aromatic carbocycles. The lowest BCUT2D eigenvalue weighted by atomic mass is 10.0. The number of nitrogens with two attached hydrogens (primary N) is 1. The van der Waals surface area contributed by atoms with Gasteiger partial charge < -0.3 is 20.5 Å². The van der Waals surface area contributed by atoms with Crippen LogP contribution in [0.5, 0.6) is 5.75 Å². The summed E-state index contributed by atoms with van der Waals surface area (Å²) in [6.45, 7) is -0.846. The molecule has 3 N–H and O–H groups in total. The molecule has 0 heterocycles. The summed E-state index contributed by atoms with van der Waals surface area (Å²) in [4.78, 5) is 34.9. The number of hydrogen-bond acceptors (Lipinski definition) is 5. The van der Waals surface area contributed by atoms with E-state index in [0.29, 0.717) is 16.9 Å². The van der Waals surface area contributed by atoms with Crippen molar-refractivity contribution < 1.29 is 23.9 Å². The van der Waals surface area contributed by atoms with Gasteiger partial charge in [-0.3, -0.25) is 9.59 Å². The molecule has 0 bridgehead atoms. The summed E-state index contributed by atoms with van der Waals surface area (Å²) >= 11 is 0. The van der Waals surface area contributed by atoms with Gasteiger partial charge in [-0.1, -0.05) is 48.5 Å². The third-order valence-corrected chi connectivity index (χ3v) is 3.54. The van der Waals surface area contributed by atoms with E-state index in [0.717, 1.165) is 0 Å². The van der Waals surface area contributed by atoms with E-state index in [2.05, 4.69) is 5.32 Å². The largest absolute Gasteiger partial charge is 0.496 e. The molecule has 0 radical (unpaired) electrons. The van der Waals surface area contributed by atoms with Gasteiger partial charge in [0.05, 0.1) is 19.2 Å². The van der Waals surface area contributed by atoms with E-state index in [-0.39, 0.29) is 12.1 Å². The van der Waals surface area contributed by atoms with E-state index in [1.807, 2.05) is 18.2 Å². The number of amides is 2. The van der Waals surface area contributed by atoms with Crippen LogP contribution < -0.4 is 15.8 Å². The van der Waals surface area contributed by atoms with Crippen LogP contribution in [0, 0.1) is 0 Å². The monoisotopic (exact) mass is 368 g/mol. The molecule has 140 valence electrons. The Morgan fingerprint density at radius 3 is 2.37 bits per heavy atom. The van der Waals surface area contributed by atoms with Gasteiger partial charge in [0.25, 0.3) is 5.91 Å². The first-order chi connectivity index (χ1) is 13.0. The minimum atomic E-state index is -0.685. The van der Waals surface area contributed by atoms with E-state index in [9.17, 15) is 14.4 Å². The van der Waals surface area contributed by atoms with Crippen LogP contribution in [0.4, 0.5) is 0 Å². The van der Waals surface area contributed by atoms with Gasteiger partial charge in [0.1, 0.15) is 5.75 Å². The Balaban J connectivity index is 2.23. The number of hydrogen-bond donors (Lipinski definition) is 2. The Labute approximate surface area is 156 Å². The van der Waals surface area contributed by atoms with Crippen LogP contribution in [0.25, 0.3) is 11.6 Å². The molecule has 7 nitrogen and oxygen atoms in total. The molecule has 27 heavy (non-hydrogen) atoms. The fourth-order valence-corrected chi connectivity index (χ4v) is 2.26. The van der Waals surface area contributed by atoms with E-state index in [1.54, 1.807) is 42.5 Å². The number of rotatable bonds is 8. The highest BCUT2D eigenvalue weighted by atomic mass is 16.5. The number of para-hydroxylation sites is 1. The van der Waals surface area contributed by atoms with Crippen molar-refractivity contribution in [2.24, 2.45) is 5.73 Å². The highest BCUT2D eigenvalue weighted by molar-refractivity contribution is 6.22. The van der Waals surface area contributed by atoms with E-state index >= 15 is 0 Å². The zero-order valence-electron chi connectivity index (χ0n) is 14.8. The van der Waals surface area contributed by atoms with Crippen LogP contribution in [0.15, 0.2) is 54.6 Å². The molecule has 0 fully saturated rings. The van der Waals surface area contributed by atoms with Gasteiger partial charge in [-0.05, 0) is 17.7 Å². The lowest BCUT2D eigenvalue weighted by molar-refractivity contribution is -0.143. The van der Waals surface area contributed by atoms with Crippen molar-refractivity contribution in [2.45, 2.75) is 0 Å². The van der Waals surface area contributed by atoms with E-state index in [4.69, 9.17) is 15.2 Å². The van der Waals surface area contributed by atoms with Gasteiger partial charge in [0.2, 0.25) is 5.91 Å². The summed E-state index contributed by atoms with van der Waals surface area (Å²) in [5, 5.41) is 2.25. The fourth-order valence-electron chi connectivity index (χ4n) is 2.26. The number of ether oxygens (including phenoxy) is 2. The zero-order chi connectivity index (χ0) is 19.6. The topological polar surface area (TPSA) is 108 Å². The zero-order valence-corrected chi connectivity index (χ0v) is 14.8. The molecule has 0 aliphatic rings. The van der Waals surface area contributed by atoms with Crippen molar-refractivity contribution in [3.63, 3.8) is 0 Å². The molecule has 2 rings (SSSR count). The summed E-state index contributed by atoms with van der Waals surface area (Å²) < 4.78 is 10.4. The quantitative estimate of drug-likeness (QED) is 0.416. The van der Waals surface area contributed by atoms with Gasteiger partial charge in [-0.15, -0.1) is 0 Å². The second-order valence-corrected chi connectivity index (χ2v) is 5.49. The van der Waals surface area contributed by atoms with E-state index < -0.39 is 24.4 Å². The van der Waals surface area contributed by atoms with Crippen LogP contribution in [-0.4, -0.2) is 38.0 Å². The molecule has 0 aliphatic heterocycles. The number of benzene rings is 2. The van der Waals surface area contributed by atoms with Crippen molar-refractivity contribution in [3.8, 4) is 5.75 Å². The Morgan fingerprint density at radius 2 is 1.70 bits per heavy atom. The van der Waals surface area contributed by atoms with Gasteiger partial charge in [0.15, 0.2) is 6.61 Å². The predicted octanol–water partition coefficient (Wildman–Crippen LogP) is 1.38. The van der Waals surface area contributed by atoms with Crippen molar-refractivity contribution in [3.05, 3.63) is 65.7 Å². The molecule has 0 saturated heterocycles. The molecular formula is C20H20N2O5. The average Bonchev–Trinajstić information content (AvgIpc) is 2.69. The van der Waals surface area contributed by atoms with Crippen molar-refractivity contribution in [1.29, 1.82) is 0 Å². The maximum absolute atomic E-state index is 12.6.